The normalized spacial score (nSPS) is 19.7. The van der Waals surface area contributed by atoms with Gasteiger partial charge in [-0.15, -0.1) is 0 Å². The highest BCUT2D eigenvalue weighted by Crippen LogP contribution is 2.38. The van der Waals surface area contributed by atoms with Gasteiger partial charge in [-0.1, -0.05) is 23.4 Å². The minimum atomic E-state index is -0.00197. The number of nitrogens with one attached hydrogen (secondary N) is 1. The summed E-state index contributed by atoms with van der Waals surface area (Å²) in [5.74, 6) is 2.67. The Morgan fingerprint density at radius 1 is 1.26 bits per heavy atom. The Kier molecular flexibility index (Phi) is 3.73. The Labute approximate surface area is 134 Å². The summed E-state index contributed by atoms with van der Waals surface area (Å²) in [6.45, 7) is 0.621. The first kappa shape index (κ1) is 14.2. The number of carbonyl (C=O) groups is 1. The summed E-state index contributed by atoms with van der Waals surface area (Å²) >= 11 is 0. The Morgan fingerprint density at radius 2 is 2.13 bits per heavy atom. The van der Waals surface area contributed by atoms with Crippen LogP contribution in [0.15, 0.2) is 28.8 Å². The van der Waals surface area contributed by atoms with Gasteiger partial charge in [0.2, 0.25) is 11.8 Å². The molecule has 1 aliphatic heterocycles. The molecule has 1 aromatic heterocycles. The Bertz CT molecular complexity index is 709. The van der Waals surface area contributed by atoms with E-state index in [2.05, 4.69) is 15.5 Å². The van der Waals surface area contributed by atoms with Crippen LogP contribution in [0.1, 0.15) is 54.9 Å². The summed E-state index contributed by atoms with van der Waals surface area (Å²) in [5.41, 5.74) is 1.04. The second-order valence-electron chi connectivity index (χ2n) is 6.12. The molecule has 1 amide bonds. The molecule has 0 unspecified atom stereocenters. The molecule has 6 nitrogen and oxygen atoms in total. The predicted octanol–water partition coefficient (Wildman–Crippen LogP) is 2.52. The number of para-hydroxylation sites is 1. The van der Waals surface area contributed by atoms with E-state index in [9.17, 15) is 4.79 Å². The van der Waals surface area contributed by atoms with Crippen LogP contribution in [0.25, 0.3) is 0 Å². The van der Waals surface area contributed by atoms with Crippen molar-refractivity contribution in [3.8, 4) is 5.75 Å². The lowest BCUT2D eigenvalue weighted by Crippen LogP contribution is -2.32. The molecule has 1 aliphatic carbocycles. The van der Waals surface area contributed by atoms with Crippen LogP contribution in [0.2, 0.25) is 0 Å². The van der Waals surface area contributed by atoms with E-state index in [-0.39, 0.29) is 11.9 Å². The molecule has 1 atom stereocenters. The lowest BCUT2D eigenvalue weighted by Gasteiger charge is -2.26. The Morgan fingerprint density at radius 3 is 3.00 bits per heavy atom. The number of fused-ring (bicyclic) bond motifs is 1. The lowest BCUT2D eigenvalue weighted by atomic mass is 10.0. The van der Waals surface area contributed by atoms with Crippen molar-refractivity contribution >= 4 is 5.91 Å². The molecule has 1 aromatic carbocycles. The highest BCUT2D eigenvalue weighted by molar-refractivity contribution is 5.76. The molecular formula is C17H19N3O3. The number of rotatable bonds is 5. The van der Waals surface area contributed by atoms with Crippen molar-refractivity contribution in [1.29, 1.82) is 0 Å². The highest BCUT2D eigenvalue weighted by Gasteiger charge is 2.29. The van der Waals surface area contributed by atoms with E-state index in [4.69, 9.17) is 9.26 Å². The average molecular weight is 313 g/mol. The summed E-state index contributed by atoms with van der Waals surface area (Å²) in [5, 5.41) is 7.05. The average Bonchev–Trinajstić information content (AvgIpc) is 3.32. The fourth-order valence-electron chi connectivity index (χ4n) is 2.86. The second-order valence-corrected chi connectivity index (χ2v) is 6.12. The van der Waals surface area contributed by atoms with Crippen molar-refractivity contribution in [2.24, 2.45) is 0 Å². The molecule has 0 bridgehead atoms. The second kappa shape index (κ2) is 6.02. The van der Waals surface area contributed by atoms with Gasteiger partial charge in [0.1, 0.15) is 5.75 Å². The molecule has 0 saturated heterocycles. The van der Waals surface area contributed by atoms with Gasteiger partial charge < -0.3 is 14.6 Å². The van der Waals surface area contributed by atoms with Crippen LogP contribution < -0.4 is 10.1 Å². The van der Waals surface area contributed by atoms with Crippen molar-refractivity contribution in [2.45, 2.75) is 44.1 Å². The van der Waals surface area contributed by atoms with E-state index in [1.54, 1.807) is 0 Å². The summed E-state index contributed by atoms with van der Waals surface area (Å²) in [6.07, 6.45) is 3.91. The molecule has 120 valence electrons. The maximum absolute atomic E-state index is 12.2. The number of ether oxygens (including phenoxy) is 1. The first-order valence-electron chi connectivity index (χ1n) is 8.13. The minimum Gasteiger partial charge on any atom is -0.493 e. The van der Waals surface area contributed by atoms with Gasteiger partial charge in [-0.3, -0.25) is 4.79 Å². The summed E-state index contributed by atoms with van der Waals surface area (Å²) < 4.78 is 10.8. The molecule has 1 N–H and O–H groups in total. The van der Waals surface area contributed by atoms with E-state index in [0.29, 0.717) is 31.3 Å². The van der Waals surface area contributed by atoms with E-state index < -0.39 is 0 Å². The van der Waals surface area contributed by atoms with Gasteiger partial charge in [0.25, 0.3) is 0 Å². The summed E-state index contributed by atoms with van der Waals surface area (Å²) in [6, 6.07) is 7.85. The SMILES string of the molecule is O=C(CCc1nc(C2CC2)no1)N[C@H]1CCOc2ccccc21. The summed E-state index contributed by atoms with van der Waals surface area (Å²) in [7, 11) is 0. The van der Waals surface area contributed by atoms with E-state index in [1.807, 2.05) is 24.3 Å². The van der Waals surface area contributed by atoms with Crippen LogP contribution in [0.3, 0.4) is 0 Å². The van der Waals surface area contributed by atoms with Crippen molar-refractivity contribution in [1.82, 2.24) is 15.5 Å². The fourth-order valence-corrected chi connectivity index (χ4v) is 2.86. The zero-order chi connectivity index (χ0) is 15.6. The van der Waals surface area contributed by atoms with Crippen LogP contribution >= 0.6 is 0 Å². The van der Waals surface area contributed by atoms with E-state index >= 15 is 0 Å². The van der Waals surface area contributed by atoms with Gasteiger partial charge in [0, 0.05) is 30.7 Å². The zero-order valence-corrected chi connectivity index (χ0v) is 12.8. The highest BCUT2D eigenvalue weighted by atomic mass is 16.5. The molecule has 2 heterocycles. The number of hydrogen-bond acceptors (Lipinski definition) is 5. The summed E-state index contributed by atoms with van der Waals surface area (Å²) in [4.78, 5) is 16.6. The monoisotopic (exact) mass is 313 g/mol. The number of hydrogen-bond donors (Lipinski definition) is 1. The molecule has 2 aliphatic rings. The molecule has 23 heavy (non-hydrogen) atoms. The predicted molar refractivity (Wildman–Crippen MR) is 82.0 cm³/mol. The maximum Gasteiger partial charge on any atom is 0.227 e. The quantitative estimate of drug-likeness (QED) is 0.918. The third kappa shape index (κ3) is 3.21. The van der Waals surface area contributed by atoms with Crippen LogP contribution in [0.5, 0.6) is 5.75 Å². The van der Waals surface area contributed by atoms with Crippen molar-refractivity contribution < 1.29 is 14.1 Å². The fraction of sp³-hybridized carbons (Fsp3) is 0.471. The Hall–Kier alpha value is -2.37. The lowest BCUT2D eigenvalue weighted by molar-refractivity contribution is -0.122. The molecular weight excluding hydrogens is 294 g/mol. The molecule has 4 rings (SSSR count). The van der Waals surface area contributed by atoms with Gasteiger partial charge in [-0.2, -0.15) is 4.98 Å². The number of benzene rings is 1. The van der Waals surface area contributed by atoms with E-state index in [1.165, 1.54) is 0 Å². The maximum atomic E-state index is 12.2. The number of nitrogens with zero attached hydrogens (tertiary/aromatic N) is 2. The van der Waals surface area contributed by atoms with Crippen LogP contribution in [0.4, 0.5) is 0 Å². The van der Waals surface area contributed by atoms with Gasteiger partial charge in [0.05, 0.1) is 12.6 Å². The topological polar surface area (TPSA) is 77.2 Å². The largest absolute Gasteiger partial charge is 0.493 e. The molecule has 2 aromatic rings. The molecule has 1 fully saturated rings. The molecule has 0 radical (unpaired) electrons. The van der Waals surface area contributed by atoms with Gasteiger partial charge in [-0.05, 0) is 18.9 Å². The van der Waals surface area contributed by atoms with Crippen molar-refractivity contribution in [3.63, 3.8) is 0 Å². The molecule has 6 heteroatoms. The van der Waals surface area contributed by atoms with Gasteiger partial charge in [0.15, 0.2) is 5.82 Å². The molecule has 0 spiro atoms. The third-order valence-electron chi connectivity index (χ3n) is 4.29. The standard InChI is InChI=1S/C17H19N3O3/c21-15(7-8-16-19-17(20-23-16)11-5-6-11)18-13-9-10-22-14-4-2-1-3-12(13)14/h1-4,11,13H,5-10H2,(H,18,21)/t13-/m0/s1. The smallest absolute Gasteiger partial charge is 0.227 e. The first-order valence-corrected chi connectivity index (χ1v) is 8.13. The minimum absolute atomic E-state index is 0.00197. The van der Waals surface area contributed by atoms with Gasteiger partial charge >= 0.3 is 0 Å². The Balaban J connectivity index is 1.33. The van der Waals surface area contributed by atoms with Crippen LogP contribution in [-0.4, -0.2) is 22.7 Å². The van der Waals surface area contributed by atoms with Crippen LogP contribution in [-0.2, 0) is 11.2 Å². The van der Waals surface area contributed by atoms with Crippen molar-refractivity contribution in [3.05, 3.63) is 41.5 Å². The number of aromatic nitrogens is 2. The number of amides is 1. The number of carbonyl (C=O) groups excluding carboxylic acids is 1. The molecule has 1 saturated carbocycles. The number of aryl methyl sites for hydroxylation is 1. The van der Waals surface area contributed by atoms with Crippen molar-refractivity contribution in [2.75, 3.05) is 6.61 Å². The van der Waals surface area contributed by atoms with Gasteiger partial charge in [-0.25, -0.2) is 0 Å². The van der Waals surface area contributed by atoms with E-state index in [0.717, 1.165) is 36.4 Å². The van der Waals surface area contributed by atoms with Crippen LogP contribution in [0, 0.1) is 0 Å². The third-order valence-corrected chi connectivity index (χ3v) is 4.29. The zero-order valence-electron chi connectivity index (χ0n) is 12.8. The first-order chi connectivity index (χ1) is 11.3.